The van der Waals surface area contributed by atoms with E-state index in [0.29, 0.717) is 0 Å². The van der Waals surface area contributed by atoms with Gasteiger partial charge in [0.15, 0.2) is 11.6 Å². The maximum absolute atomic E-state index is 13.1. The molecule has 0 aliphatic heterocycles. The maximum atomic E-state index is 13.1. The van der Waals surface area contributed by atoms with Crippen molar-refractivity contribution in [3.8, 4) is 0 Å². The van der Waals surface area contributed by atoms with Gasteiger partial charge in [-0.05, 0) is 38.1 Å². The number of ketones is 2. The minimum atomic E-state index is -5.24. The number of Topliss-reactive ketones (excluding diaryl/α,β-unsaturated/α-hetero) is 2. The number of benzene rings is 2. The number of hydrogen-bond donors (Lipinski definition) is 0. The number of halogens is 3. The van der Waals surface area contributed by atoms with Crippen LogP contribution in [0, 0.1) is 0 Å². The van der Waals surface area contributed by atoms with E-state index < -0.39 is 57.8 Å². The second-order valence-electron chi connectivity index (χ2n) is 6.22. The highest BCUT2D eigenvalue weighted by molar-refractivity contribution is 8.04. The number of carbonyl (C=O) groups is 2. The molecule has 0 saturated carbocycles. The van der Waals surface area contributed by atoms with Crippen LogP contribution in [0.5, 0.6) is 0 Å². The fourth-order valence-electron chi connectivity index (χ4n) is 2.43. The van der Waals surface area contributed by atoms with E-state index in [-0.39, 0.29) is 11.1 Å². The van der Waals surface area contributed by atoms with Gasteiger partial charge in [0.2, 0.25) is 0 Å². The third-order valence-corrected chi connectivity index (χ3v) is 8.13. The van der Waals surface area contributed by atoms with Gasteiger partial charge in [0.25, 0.3) is 20.0 Å². The highest BCUT2D eigenvalue weighted by Crippen LogP contribution is 2.29. The first kappa shape index (κ1) is 23.7. The van der Waals surface area contributed by atoms with Gasteiger partial charge in [0.1, 0.15) is 6.54 Å². The Labute approximate surface area is 171 Å². The molecule has 2 aromatic rings. The van der Waals surface area contributed by atoms with E-state index in [9.17, 15) is 39.6 Å². The lowest BCUT2D eigenvalue weighted by Crippen LogP contribution is -2.43. The molecule has 7 nitrogen and oxygen atoms in total. The van der Waals surface area contributed by atoms with E-state index in [1.54, 1.807) is 0 Å². The zero-order valence-electron chi connectivity index (χ0n) is 15.7. The highest BCUT2D eigenvalue weighted by atomic mass is 32.3. The number of nitrogens with zero attached hydrogens (tertiary/aromatic N) is 1. The normalized spacial score (nSPS) is 12.7. The molecule has 0 radical (unpaired) electrons. The Morgan fingerprint density at radius 2 is 1.17 bits per heavy atom. The maximum Gasteiger partial charge on any atom is 0.403 e. The molecule has 0 N–H and O–H groups in total. The van der Waals surface area contributed by atoms with Crippen molar-refractivity contribution in [2.24, 2.45) is 0 Å². The predicted molar refractivity (Wildman–Crippen MR) is 100 cm³/mol. The monoisotopic (exact) mass is 463 g/mol. The Morgan fingerprint density at radius 3 is 1.47 bits per heavy atom. The molecule has 0 fully saturated rings. The molecule has 30 heavy (non-hydrogen) atoms. The second-order valence-corrected chi connectivity index (χ2v) is 10.2. The van der Waals surface area contributed by atoms with Crippen molar-refractivity contribution in [1.29, 1.82) is 0 Å². The minimum absolute atomic E-state index is 0.126. The van der Waals surface area contributed by atoms with E-state index in [2.05, 4.69) is 0 Å². The first-order chi connectivity index (χ1) is 13.7. The van der Waals surface area contributed by atoms with Gasteiger partial charge in [0.05, 0.1) is 9.79 Å². The van der Waals surface area contributed by atoms with Crippen LogP contribution in [0.3, 0.4) is 0 Å². The van der Waals surface area contributed by atoms with Gasteiger partial charge < -0.3 is 0 Å². The van der Waals surface area contributed by atoms with Crippen LogP contribution < -0.4 is 0 Å². The summed E-state index contributed by atoms with van der Waals surface area (Å²) < 4.78 is 90.3. The van der Waals surface area contributed by atoms with Crippen molar-refractivity contribution < 1.29 is 39.6 Å². The SMILES string of the molecule is CC(=O)c1cccc(S(=O)(=O)N(CC(F)(F)F)S(=O)(=O)c2cccc(C(C)=O)c2)c1. The zero-order chi connectivity index (χ0) is 22.9. The Hall–Kier alpha value is -2.57. The fourth-order valence-corrected chi connectivity index (χ4v) is 6.14. The van der Waals surface area contributed by atoms with Gasteiger partial charge in [-0.2, -0.15) is 13.2 Å². The van der Waals surface area contributed by atoms with Gasteiger partial charge in [-0.1, -0.05) is 28.0 Å². The molecule has 0 spiro atoms. The number of hydrogen-bond acceptors (Lipinski definition) is 6. The van der Waals surface area contributed by atoms with E-state index >= 15 is 0 Å². The average molecular weight is 463 g/mol. The Morgan fingerprint density at radius 1 is 0.800 bits per heavy atom. The molecule has 0 bridgehead atoms. The third kappa shape index (κ3) is 5.12. The molecule has 0 saturated heterocycles. The van der Waals surface area contributed by atoms with Crippen molar-refractivity contribution in [1.82, 2.24) is 3.71 Å². The smallest absolute Gasteiger partial charge is 0.295 e. The lowest BCUT2D eigenvalue weighted by Gasteiger charge is -2.23. The quantitative estimate of drug-likeness (QED) is 0.585. The van der Waals surface area contributed by atoms with Crippen LogP contribution in [0.4, 0.5) is 13.2 Å². The van der Waals surface area contributed by atoms with Crippen molar-refractivity contribution in [3.05, 3.63) is 59.7 Å². The molecule has 2 rings (SSSR count). The molecule has 0 heterocycles. The van der Waals surface area contributed by atoms with E-state index in [0.717, 1.165) is 50.2 Å². The van der Waals surface area contributed by atoms with Gasteiger partial charge in [-0.15, -0.1) is 0 Å². The molecular weight excluding hydrogens is 447 g/mol. The molecular formula is C18H16F3NO6S2. The van der Waals surface area contributed by atoms with Gasteiger partial charge in [-0.25, -0.2) is 16.8 Å². The first-order valence-electron chi connectivity index (χ1n) is 8.23. The Kier molecular flexibility index (Phi) is 6.54. The predicted octanol–water partition coefficient (Wildman–Crippen LogP) is 3.03. The van der Waals surface area contributed by atoms with Gasteiger partial charge in [0, 0.05) is 11.1 Å². The molecule has 162 valence electrons. The molecule has 2 aromatic carbocycles. The van der Waals surface area contributed by atoms with Crippen LogP contribution in [0.25, 0.3) is 0 Å². The van der Waals surface area contributed by atoms with Crippen molar-refractivity contribution in [2.75, 3.05) is 6.54 Å². The topological polar surface area (TPSA) is 106 Å². The number of sulfonamides is 2. The lowest BCUT2D eigenvalue weighted by atomic mass is 10.2. The summed E-state index contributed by atoms with van der Waals surface area (Å²) in [4.78, 5) is 21.4. The summed E-state index contributed by atoms with van der Waals surface area (Å²) in [5, 5.41) is 0. The molecule has 12 heteroatoms. The molecule has 0 unspecified atom stereocenters. The Balaban J connectivity index is 2.71. The van der Waals surface area contributed by atoms with Crippen molar-refractivity contribution in [2.45, 2.75) is 29.8 Å². The second kappa shape index (κ2) is 8.28. The third-order valence-electron chi connectivity index (χ3n) is 3.92. The van der Waals surface area contributed by atoms with Crippen LogP contribution in [0.1, 0.15) is 34.6 Å². The van der Waals surface area contributed by atoms with Crippen LogP contribution in [0.2, 0.25) is 0 Å². The highest BCUT2D eigenvalue weighted by Gasteiger charge is 2.45. The summed E-state index contributed by atoms with van der Waals surface area (Å²) in [6.07, 6.45) is -5.20. The molecule has 0 aliphatic rings. The minimum Gasteiger partial charge on any atom is -0.295 e. The van der Waals surface area contributed by atoms with Crippen LogP contribution in [-0.4, -0.2) is 44.8 Å². The number of rotatable bonds is 7. The summed E-state index contributed by atoms with van der Waals surface area (Å²) >= 11 is 0. The lowest BCUT2D eigenvalue weighted by molar-refractivity contribution is -0.129. The summed E-state index contributed by atoms with van der Waals surface area (Å²) in [7, 11) is -10.5. The van der Waals surface area contributed by atoms with Crippen LogP contribution in [-0.2, 0) is 20.0 Å². The molecule has 0 atom stereocenters. The summed E-state index contributed by atoms with van der Waals surface area (Å²) in [6.45, 7) is -0.0985. The van der Waals surface area contributed by atoms with E-state index in [1.807, 2.05) is 0 Å². The van der Waals surface area contributed by atoms with Crippen LogP contribution >= 0.6 is 0 Å². The number of alkyl halides is 3. The fraction of sp³-hybridized carbons (Fsp3) is 0.222. The molecule has 0 amide bonds. The van der Waals surface area contributed by atoms with Gasteiger partial charge in [-0.3, -0.25) is 9.59 Å². The first-order valence-corrected chi connectivity index (χ1v) is 11.1. The standard InChI is InChI=1S/C18H16F3NO6S2/c1-12(23)14-5-3-7-16(9-14)29(25,26)22(11-18(19,20)21)30(27,28)17-8-4-6-15(10-17)13(2)24/h3-10H,11H2,1-2H3. The van der Waals surface area contributed by atoms with Crippen molar-refractivity contribution >= 4 is 31.6 Å². The van der Waals surface area contributed by atoms with Gasteiger partial charge >= 0.3 is 6.18 Å². The summed E-state index contributed by atoms with van der Waals surface area (Å²) in [6, 6.07) is 8.04. The molecule has 0 aromatic heterocycles. The summed E-state index contributed by atoms with van der Waals surface area (Å²) in [5.74, 6) is -1.13. The van der Waals surface area contributed by atoms with E-state index in [4.69, 9.17) is 0 Å². The number of carbonyl (C=O) groups excluding carboxylic acids is 2. The largest absolute Gasteiger partial charge is 0.403 e. The van der Waals surface area contributed by atoms with Crippen molar-refractivity contribution in [3.63, 3.8) is 0 Å². The Bertz CT molecular complexity index is 1120. The van der Waals surface area contributed by atoms with E-state index in [1.165, 1.54) is 12.1 Å². The zero-order valence-corrected chi connectivity index (χ0v) is 17.3. The van der Waals surface area contributed by atoms with Crippen LogP contribution in [0.15, 0.2) is 58.3 Å². The molecule has 0 aliphatic carbocycles. The summed E-state index contributed by atoms with van der Waals surface area (Å²) in [5.41, 5.74) is -0.252. The average Bonchev–Trinajstić information content (AvgIpc) is 2.65.